The van der Waals surface area contributed by atoms with E-state index in [2.05, 4.69) is 18.0 Å². The van der Waals surface area contributed by atoms with Crippen LogP contribution in [0.3, 0.4) is 0 Å². The molecule has 5 nitrogen and oxygen atoms in total. The molecular formula is C20H22N2O3S2. The summed E-state index contributed by atoms with van der Waals surface area (Å²) in [6, 6.07) is 12.6. The standard InChI is InChI=1S/C20H22N2O3S2/c1-4-15-7-6-8-17-19(15)22(3)20(26-17)21-18(23)13-14-9-11-16(12-10-14)27(24,25)5-2/h6-12H,4-5,13H2,1-3H3. The second kappa shape index (κ2) is 7.78. The minimum atomic E-state index is -3.23. The van der Waals surface area contributed by atoms with Crippen LogP contribution in [0.2, 0.25) is 0 Å². The van der Waals surface area contributed by atoms with E-state index >= 15 is 0 Å². The summed E-state index contributed by atoms with van der Waals surface area (Å²) in [5, 5.41) is 0. The number of sulfone groups is 1. The fourth-order valence-electron chi connectivity index (χ4n) is 2.98. The molecule has 0 saturated heterocycles. The van der Waals surface area contributed by atoms with E-state index in [0.717, 1.165) is 22.2 Å². The summed E-state index contributed by atoms with van der Waals surface area (Å²) < 4.78 is 26.8. The highest BCUT2D eigenvalue weighted by atomic mass is 32.2. The number of para-hydroxylation sites is 1. The van der Waals surface area contributed by atoms with Crippen molar-refractivity contribution in [3.05, 3.63) is 58.4 Å². The maximum absolute atomic E-state index is 12.4. The van der Waals surface area contributed by atoms with E-state index in [0.29, 0.717) is 4.80 Å². The van der Waals surface area contributed by atoms with Gasteiger partial charge >= 0.3 is 0 Å². The Morgan fingerprint density at radius 3 is 2.44 bits per heavy atom. The Bertz CT molecular complexity index is 1150. The Kier molecular flexibility index (Phi) is 5.62. The lowest BCUT2D eigenvalue weighted by Gasteiger charge is -2.03. The number of carbonyl (C=O) groups excluding carboxylic acids is 1. The van der Waals surface area contributed by atoms with Gasteiger partial charge in [0.15, 0.2) is 14.6 Å². The number of aromatic nitrogens is 1. The van der Waals surface area contributed by atoms with E-state index in [-0.39, 0.29) is 23.0 Å². The van der Waals surface area contributed by atoms with E-state index in [9.17, 15) is 13.2 Å². The van der Waals surface area contributed by atoms with Crippen molar-refractivity contribution in [1.29, 1.82) is 0 Å². The molecule has 0 bridgehead atoms. The van der Waals surface area contributed by atoms with Crippen LogP contribution in [0.15, 0.2) is 52.4 Å². The molecule has 3 aromatic rings. The first kappa shape index (κ1) is 19.5. The number of hydrogen-bond donors (Lipinski definition) is 0. The number of benzene rings is 2. The lowest BCUT2D eigenvalue weighted by Crippen LogP contribution is -2.14. The molecule has 0 N–H and O–H groups in total. The average Bonchev–Trinajstić information content (AvgIpc) is 2.97. The molecule has 0 aliphatic rings. The normalized spacial score (nSPS) is 12.6. The van der Waals surface area contributed by atoms with Gasteiger partial charge in [0.05, 0.1) is 27.3 Å². The van der Waals surface area contributed by atoms with E-state index in [1.807, 2.05) is 23.7 Å². The predicted molar refractivity (Wildman–Crippen MR) is 109 cm³/mol. The minimum Gasteiger partial charge on any atom is -0.319 e. The molecule has 0 atom stereocenters. The van der Waals surface area contributed by atoms with Gasteiger partial charge in [0.25, 0.3) is 5.91 Å². The number of carbonyl (C=O) groups is 1. The topological polar surface area (TPSA) is 68.5 Å². The summed E-state index contributed by atoms with van der Waals surface area (Å²) in [6.45, 7) is 3.72. The number of hydrogen-bond acceptors (Lipinski definition) is 4. The summed E-state index contributed by atoms with van der Waals surface area (Å²) in [5.74, 6) is -0.190. The highest BCUT2D eigenvalue weighted by molar-refractivity contribution is 7.91. The maximum atomic E-state index is 12.4. The van der Waals surface area contributed by atoms with Gasteiger partial charge in [-0.3, -0.25) is 4.79 Å². The minimum absolute atomic E-state index is 0.0583. The van der Waals surface area contributed by atoms with Crippen molar-refractivity contribution in [2.45, 2.75) is 31.6 Å². The summed E-state index contributed by atoms with van der Waals surface area (Å²) in [7, 11) is -1.30. The van der Waals surface area contributed by atoms with Gasteiger partial charge in [-0.1, -0.05) is 49.4 Å². The van der Waals surface area contributed by atoms with Crippen LogP contribution in [0.25, 0.3) is 10.2 Å². The van der Waals surface area contributed by atoms with Gasteiger partial charge in [-0.15, -0.1) is 0 Å². The first-order chi connectivity index (χ1) is 12.9. The van der Waals surface area contributed by atoms with E-state index in [1.165, 1.54) is 16.9 Å². The van der Waals surface area contributed by atoms with Gasteiger partial charge in [-0.25, -0.2) is 8.42 Å². The first-order valence-electron chi connectivity index (χ1n) is 8.82. The SMILES string of the molecule is CCc1cccc2sc(=NC(=O)Cc3ccc(S(=O)(=O)CC)cc3)n(C)c12. The van der Waals surface area contributed by atoms with Crippen molar-refractivity contribution in [2.75, 3.05) is 5.75 Å². The van der Waals surface area contributed by atoms with Crippen LogP contribution in [-0.4, -0.2) is 24.6 Å². The zero-order valence-corrected chi connectivity index (χ0v) is 17.2. The molecule has 1 heterocycles. The van der Waals surface area contributed by atoms with E-state index in [4.69, 9.17) is 0 Å². The molecular weight excluding hydrogens is 380 g/mol. The van der Waals surface area contributed by atoms with Crippen molar-refractivity contribution in [1.82, 2.24) is 4.57 Å². The van der Waals surface area contributed by atoms with Gasteiger partial charge in [-0.05, 0) is 35.7 Å². The van der Waals surface area contributed by atoms with Crippen LogP contribution in [-0.2, 0) is 34.5 Å². The molecule has 1 aromatic heterocycles. The Morgan fingerprint density at radius 2 is 1.81 bits per heavy atom. The van der Waals surface area contributed by atoms with Crippen LogP contribution in [0.1, 0.15) is 25.0 Å². The number of thiazole rings is 1. The molecule has 3 rings (SSSR count). The molecule has 0 fully saturated rings. The number of aryl methyl sites for hydroxylation is 2. The van der Waals surface area contributed by atoms with Crippen molar-refractivity contribution < 1.29 is 13.2 Å². The molecule has 0 radical (unpaired) electrons. The zero-order valence-electron chi connectivity index (χ0n) is 15.6. The number of fused-ring (bicyclic) bond motifs is 1. The van der Waals surface area contributed by atoms with Crippen LogP contribution in [0, 0.1) is 0 Å². The van der Waals surface area contributed by atoms with Crippen LogP contribution in [0.5, 0.6) is 0 Å². The lowest BCUT2D eigenvalue weighted by atomic mass is 10.1. The van der Waals surface area contributed by atoms with E-state index < -0.39 is 9.84 Å². The van der Waals surface area contributed by atoms with Gasteiger partial charge in [0.1, 0.15) is 0 Å². The first-order valence-corrected chi connectivity index (χ1v) is 11.3. The number of rotatable bonds is 5. The molecule has 0 spiro atoms. The molecule has 27 heavy (non-hydrogen) atoms. The van der Waals surface area contributed by atoms with Gasteiger partial charge in [-0.2, -0.15) is 4.99 Å². The monoisotopic (exact) mass is 402 g/mol. The Labute approximate surface area is 162 Å². The Hall–Kier alpha value is -2.25. The van der Waals surface area contributed by atoms with E-state index in [1.54, 1.807) is 31.2 Å². The second-order valence-electron chi connectivity index (χ2n) is 6.29. The Morgan fingerprint density at radius 1 is 1.11 bits per heavy atom. The van der Waals surface area contributed by atoms with Crippen molar-refractivity contribution >= 4 is 37.3 Å². The van der Waals surface area contributed by atoms with Crippen molar-refractivity contribution in [3.63, 3.8) is 0 Å². The summed E-state index contributed by atoms with van der Waals surface area (Å²) in [5.41, 5.74) is 3.09. The molecule has 2 aromatic carbocycles. The fraction of sp³-hybridized carbons (Fsp3) is 0.300. The molecule has 1 amide bonds. The maximum Gasteiger partial charge on any atom is 0.252 e. The van der Waals surface area contributed by atoms with Gasteiger partial charge in [0, 0.05) is 7.05 Å². The quantitative estimate of drug-likeness (QED) is 0.658. The van der Waals surface area contributed by atoms with Crippen LogP contribution >= 0.6 is 11.3 Å². The summed E-state index contributed by atoms with van der Waals surface area (Å²) in [6.07, 6.45) is 1.06. The summed E-state index contributed by atoms with van der Waals surface area (Å²) in [4.78, 5) is 17.6. The summed E-state index contributed by atoms with van der Waals surface area (Å²) >= 11 is 1.50. The molecule has 0 unspecified atom stereocenters. The Balaban J connectivity index is 1.87. The molecule has 0 aliphatic heterocycles. The largest absolute Gasteiger partial charge is 0.319 e. The molecule has 0 aliphatic carbocycles. The van der Waals surface area contributed by atoms with Gasteiger partial charge < -0.3 is 4.57 Å². The predicted octanol–water partition coefficient (Wildman–Crippen LogP) is 3.27. The molecule has 7 heteroatoms. The highest BCUT2D eigenvalue weighted by Gasteiger charge is 2.12. The van der Waals surface area contributed by atoms with Crippen molar-refractivity contribution in [2.24, 2.45) is 12.0 Å². The van der Waals surface area contributed by atoms with Crippen LogP contribution < -0.4 is 4.80 Å². The average molecular weight is 403 g/mol. The smallest absolute Gasteiger partial charge is 0.252 e. The number of nitrogens with zero attached hydrogens (tertiary/aromatic N) is 2. The zero-order chi connectivity index (χ0) is 19.6. The van der Waals surface area contributed by atoms with Gasteiger partial charge in [0.2, 0.25) is 0 Å². The molecule has 142 valence electrons. The highest BCUT2D eigenvalue weighted by Crippen LogP contribution is 2.21. The fourth-order valence-corrected chi connectivity index (χ4v) is 4.95. The third-order valence-corrected chi connectivity index (χ3v) is 7.37. The lowest BCUT2D eigenvalue weighted by molar-refractivity contribution is -0.117. The number of amides is 1. The molecule has 0 saturated carbocycles. The third-order valence-electron chi connectivity index (χ3n) is 4.53. The third kappa shape index (κ3) is 4.04. The van der Waals surface area contributed by atoms with Crippen LogP contribution in [0.4, 0.5) is 0 Å². The van der Waals surface area contributed by atoms with Crippen molar-refractivity contribution in [3.8, 4) is 0 Å². The second-order valence-corrected chi connectivity index (χ2v) is 9.58.